The van der Waals surface area contributed by atoms with Crippen molar-refractivity contribution in [1.29, 1.82) is 0 Å². The number of hydrogen-bond donors (Lipinski definition) is 0. The lowest BCUT2D eigenvalue weighted by Crippen LogP contribution is -2.22. The van der Waals surface area contributed by atoms with Gasteiger partial charge in [-0.1, -0.05) is 30.3 Å². The zero-order chi connectivity index (χ0) is 14.1. The smallest absolute Gasteiger partial charge is 0.330 e. The lowest BCUT2D eigenvalue weighted by Gasteiger charge is -2.03. The average Bonchev–Trinajstić information content (AvgIpc) is 2.73. The first-order valence-electron chi connectivity index (χ1n) is 6.20. The van der Waals surface area contributed by atoms with Crippen molar-refractivity contribution in [1.82, 2.24) is 19.1 Å². The minimum absolute atomic E-state index is 0.136. The van der Waals surface area contributed by atoms with Crippen LogP contribution in [-0.4, -0.2) is 26.2 Å². The van der Waals surface area contributed by atoms with Crippen LogP contribution in [0.1, 0.15) is 5.56 Å². The molecule has 3 rings (SSSR count). The van der Waals surface area contributed by atoms with Crippen LogP contribution in [0, 0.1) is 0 Å². The second-order valence-corrected chi connectivity index (χ2v) is 4.47. The number of imidazole rings is 1. The van der Waals surface area contributed by atoms with E-state index in [0.717, 1.165) is 5.56 Å². The fourth-order valence-corrected chi connectivity index (χ4v) is 2.27. The Labute approximate surface area is 115 Å². The Hall–Kier alpha value is -2.63. The molecule has 0 bridgehead atoms. The summed E-state index contributed by atoms with van der Waals surface area (Å²) in [6.45, 7) is 0.469. The van der Waals surface area contributed by atoms with Crippen molar-refractivity contribution in [3.63, 3.8) is 0 Å². The van der Waals surface area contributed by atoms with E-state index < -0.39 is 0 Å². The molecule has 20 heavy (non-hydrogen) atoms. The summed E-state index contributed by atoms with van der Waals surface area (Å²) in [5.41, 5.74) is 2.09. The number of aryl methyl sites for hydroxylation is 1. The van der Waals surface area contributed by atoms with Gasteiger partial charge in [-0.2, -0.15) is 4.98 Å². The third kappa shape index (κ3) is 1.85. The van der Waals surface area contributed by atoms with Gasteiger partial charge in [-0.15, -0.1) is 0 Å². The van der Waals surface area contributed by atoms with Crippen molar-refractivity contribution in [3.05, 3.63) is 52.7 Å². The van der Waals surface area contributed by atoms with Gasteiger partial charge >= 0.3 is 5.69 Å². The molecule has 2 heterocycles. The van der Waals surface area contributed by atoms with Crippen LogP contribution < -0.4 is 10.4 Å². The molecule has 0 aliphatic heterocycles. The third-order valence-corrected chi connectivity index (χ3v) is 3.26. The molecule has 0 aliphatic carbocycles. The molecule has 1 aromatic carbocycles. The molecule has 6 heteroatoms. The van der Waals surface area contributed by atoms with Crippen LogP contribution in [0.15, 0.2) is 41.5 Å². The number of nitrogens with zero attached hydrogens (tertiary/aromatic N) is 4. The van der Waals surface area contributed by atoms with Gasteiger partial charge in [0.15, 0.2) is 11.2 Å². The van der Waals surface area contributed by atoms with E-state index in [1.807, 2.05) is 30.3 Å². The Balaban J connectivity index is 2.22. The van der Waals surface area contributed by atoms with Crippen LogP contribution in [0.2, 0.25) is 0 Å². The molecular formula is C14H14N4O2. The molecule has 0 unspecified atom stereocenters. The van der Waals surface area contributed by atoms with Crippen LogP contribution in [-0.2, 0) is 13.6 Å². The van der Waals surface area contributed by atoms with Crippen molar-refractivity contribution in [2.24, 2.45) is 7.05 Å². The summed E-state index contributed by atoms with van der Waals surface area (Å²) in [5.74, 6) is 0.404. The van der Waals surface area contributed by atoms with Crippen LogP contribution in [0.4, 0.5) is 0 Å². The summed E-state index contributed by atoms with van der Waals surface area (Å²) < 4.78 is 8.33. The monoisotopic (exact) mass is 270 g/mol. The second kappa shape index (κ2) is 4.80. The zero-order valence-corrected chi connectivity index (χ0v) is 11.3. The Morgan fingerprint density at radius 1 is 1.20 bits per heavy atom. The van der Waals surface area contributed by atoms with E-state index in [0.29, 0.717) is 23.6 Å². The Morgan fingerprint density at radius 3 is 2.65 bits per heavy atom. The lowest BCUT2D eigenvalue weighted by molar-refractivity contribution is 0.400. The Bertz CT molecular complexity index is 805. The zero-order valence-electron chi connectivity index (χ0n) is 11.3. The normalized spacial score (nSPS) is 10.9. The Kier molecular flexibility index (Phi) is 2.98. The number of ether oxygens (including phenoxy) is 1. The third-order valence-electron chi connectivity index (χ3n) is 3.26. The summed E-state index contributed by atoms with van der Waals surface area (Å²) in [6, 6.07) is 9.79. The first kappa shape index (κ1) is 12.4. The summed E-state index contributed by atoms with van der Waals surface area (Å²) in [5, 5.41) is 0. The molecule has 0 N–H and O–H groups in total. The standard InChI is InChI=1S/C14H14N4O2/c1-17-11-12(15-9-16-13(11)20-2)18(14(17)19)8-10-6-4-3-5-7-10/h3-7,9H,8H2,1-2H3. The van der Waals surface area contributed by atoms with Crippen LogP contribution >= 0.6 is 0 Å². The van der Waals surface area contributed by atoms with Crippen LogP contribution in [0.25, 0.3) is 11.2 Å². The molecule has 0 saturated heterocycles. The summed E-state index contributed by atoms with van der Waals surface area (Å²) in [6.07, 6.45) is 1.40. The number of methoxy groups -OCH3 is 1. The van der Waals surface area contributed by atoms with Crippen molar-refractivity contribution in [2.75, 3.05) is 7.11 Å². The SMILES string of the molecule is COc1ncnc2c1n(C)c(=O)n2Cc1ccccc1. The first-order valence-corrected chi connectivity index (χ1v) is 6.20. The maximum atomic E-state index is 12.4. The number of fused-ring (bicyclic) bond motifs is 1. The maximum Gasteiger partial charge on any atom is 0.330 e. The molecule has 2 aromatic heterocycles. The molecule has 0 spiro atoms. The van der Waals surface area contributed by atoms with E-state index in [1.54, 1.807) is 11.6 Å². The molecule has 0 amide bonds. The molecule has 6 nitrogen and oxygen atoms in total. The highest BCUT2D eigenvalue weighted by molar-refractivity contribution is 5.76. The fourth-order valence-electron chi connectivity index (χ4n) is 2.27. The van der Waals surface area contributed by atoms with E-state index >= 15 is 0 Å². The largest absolute Gasteiger partial charge is 0.479 e. The van der Waals surface area contributed by atoms with E-state index in [1.165, 1.54) is 18.0 Å². The van der Waals surface area contributed by atoms with E-state index in [4.69, 9.17) is 4.74 Å². The minimum Gasteiger partial charge on any atom is -0.479 e. The van der Waals surface area contributed by atoms with Gasteiger partial charge in [0.1, 0.15) is 6.33 Å². The van der Waals surface area contributed by atoms with Gasteiger partial charge in [-0.3, -0.25) is 9.13 Å². The van der Waals surface area contributed by atoms with Gasteiger partial charge in [0.05, 0.1) is 13.7 Å². The van der Waals surface area contributed by atoms with Crippen LogP contribution in [0.5, 0.6) is 5.88 Å². The Morgan fingerprint density at radius 2 is 1.95 bits per heavy atom. The molecule has 0 radical (unpaired) electrons. The van der Waals surface area contributed by atoms with Gasteiger partial charge in [-0.25, -0.2) is 9.78 Å². The van der Waals surface area contributed by atoms with Crippen molar-refractivity contribution in [3.8, 4) is 5.88 Å². The number of aromatic nitrogens is 4. The summed E-state index contributed by atoms with van der Waals surface area (Å²) in [7, 11) is 3.22. The molecule has 102 valence electrons. The van der Waals surface area contributed by atoms with Gasteiger partial charge < -0.3 is 4.74 Å². The molecule has 0 saturated carbocycles. The van der Waals surface area contributed by atoms with E-state index in [2.05, 4.69) is 9.97 Å². The van der Waals surface area contributed by atoms with Gasteiger partial charge in [0.25, 0.3) is 0 Å². The minimum atomic E-state index is -0.136. The predicted octanol–water partition coefficient (Wildman–Crippen LogP) is 1.19. The van der Waals surface area contributed by atoms with Crippen molar-refractivity contribution >= 4 is 11.2 Å². The number of rotatable bonds is 3. The maximum absolute atomic E-state index is 12.4. The number of hydrogen-bond acceptors (Lipinski definition) is 4. The predicted molar refractivity (Wildman–Crippen MR) is 74.9 cm³/mol. The molecule has 0 aliphatic rings. The van der Waals surface area contributed by atoms with Crippen molar-refractivity contribution < 1.29 is 4.74 Å². The topological polar surface area (TPSA) is 61.9 Å². The molecule has 0 fully saturated rings. The van der Waals surface area contributed by atoms with Gasteiger partial charge in [0, 0.05) is 7.05 Å². The highest BCUT2D eigenvalue weighted by Crippen LogP contribution is 2.19. The summed E-state index contributed by atoms with van der Waals surface area (Å²) >= 11 is 0. The highest BCUT2D eigenvalue weighted by atomic mass is 16.5. The molecular weight excluding hydrogens is 256 g/mol. The van der Waals surface area contributed by atoms with Gasteiger partial charge in [-0.05, 0) is 5.56 Å². The van der Waals surface area contributed by atoms with E-state index in [9.17, 15) is 4.79 Å². The lowest BCUT2D eigenvalue weighted by atomic mass is 10.2. The van der Waals surface area contributed by atoms with E-state index in [-0.39, 0.29) is 5.69 Å². The molecule has 3 aromatic rings. The quantitative estimate of drug-likeness (QED) is 0.717. The van der Waals surface area contributed by atoms with Gasteiger partial charge in [0.2, 0.25) is 5.88 Å². The molecule has 0 atom stereocenters. The van der Waals surface area contributed by atoms with Crippen molar-refractivity contribution in [2.45, 2.75) is 6.54 Å². The number of benzene rings is 1. The summed E-state index contributed by atoms with van der Waals surface area (Å²) in [4.78, 5) is 20.6. The fraction of sp³-hybridized carbons (Fsp3) is 0.214. The van der Waals surface area contributed by atoms with Crippen LogP contribution in [0.3, 0.4) is 0 Å². The second-order valence-electron chi connectivity index (χ2n) is 4.47. The highest BCUT2D eigenvalue weighted by Gasteiger charge is 2.16. The average molecular weight is 270 g/mol. The first-order chi connectivity index (χ1) is 9.72.